The van der Waals surface area contributed by atoms with Gasteiger partial charge >= 0.3 is 0 Å². The van der Waals surface area contributed by atoms with E-state index in [-0.39, 0.29) is 5.78 Å². The molecule has 18 heavy (non-hydrogen) atoms. The van der Waals surface area contributed by atoms with Crippen molar-refractivity contribution in [2.45, 2.75) is 0 Å². The van der Waals surface area contributed by atoms with Crippen LogP contribution in [0.2, 0.25) is 9.36 Å². The first-order chi connectivity index (χ1) is 8.65. The fourth-order valence-corrected chi connectivity index (χ4v) is 3.02. The minimum atomic E-state index is -0.0413. The zero-order valence-corrected chi connectivity index (χ0v) is 11.4. The van der Waals surface area contributed by atoms with Crippen LogP contribution in [0.25, 0.3) is 10.9 Å². The number of fused-ring (bicyclic) bond motifs is 1. The molecule has 90 valence electrons. The Labute approximate surface area is 117 Å². The summed E-state index contributed by atoms with van der Waals surface area (Å²) in [4.78, 5) is 16.0. The molecular formula is C13H7Cl2NOS. The zero-order chi connectivity index (χ0) is 12.7. The summed E-state index contributed by atoms with van der Waals surface area (Å²) in [6.07, 6.45) is 1.71. The Kier molecular flexibility index (Phi) is 2.90. The number of benzene rings is 1. The highest BCUT2D eigenvalue weighted by Crippen LogP contribution is 2.28. The molecule has 0 radical (unpaired) electrons. The first kappa shape index (κ1) is 11.8. The van der Waals surface area contributed by atoms with Gasteiger partial charge in [0.15, 0.2) is 0 Å². The molecule has 0 unspecified atom stereocenters. The molecule has 0 saturated carbocycles. The average molecular weight is 296 g/mol. The van der Waals surface area contributed by atoms with E-state index in [2.05, 4.69) is 4.98 Å². The van der Waals surface area contributed by atoms with Crippen molar-refractivity contribution < 1.29 is 4.79 Å². The summed E-state index contributed by atoms with van der Waals surface area (Å²) in [7, 11) is 0. The van der Waals surface area contributed by atoms with Crippen LogP contribution in [-0.4, -0.2) is 10.8 Å². The number of nitrogens with one attached hydrogen (secondary N) is 1. The van der Waals surface area contributed by atoms with Gasteiger partial charge < -0.3 is 4.98 Å². The molecule has 2 heterocycles. The van der Waals surface area contributed by atoms with Gasteiger partial charge in [0.25, 0.3) is 0 Å². The lowest BCUT2D eigenvalue weighted by Gasteiger charge is -1.96. The van der Waals surface area contributed by atoms with Crippen molar-refractivity contribution >= 4 is 51.2 Å². The molecule has 1 aromatic carbocycles. The van der Waals surface area contributed by atoms with Crippen molar-refractivity contribution in [3.63, 3.8) is 0 Å². The van der Waals surface area contributed by atoms with Crippen LogP contribution in [0.5, 0.6) is 0 Å². The number of H-pyrrole nitrogens is 1. The zero-order valence-electron chi connectivity index (χ0n) is 9.04. The van der Waals surface area contributed by atoms with E-state index in [4.69, 9.17) is 23.2 Å². The highest BCUT2D eigenvalue weighted by molar-refractivity contribution is 7.18. The lowest BCUT2D eigenvalue weighted by Crippen LogP contribution is -1.96. The SMILES string of the molecule is O=C(c1ccc(Cl)s1)c1c[nH]c2ccc(Cl)cc12. The number of rotatable bonds is 2. The largest absolute Gasteiger partial charge is 0.360 e. The molecular weight excluding hydrogens is 289 g/mol. The smallest absolute Gasteiger partial charge is 0.205 e. The molecule has 1 N–H and O–H groups in total. The maximum atomic E-state index is 12.3. The monoisotopic (exact) mass is 295 g/mol. The normalized spacial score (nSPS) is 11.0. The van der Waals surface area contributed by atoms with Gasteiger partial charge in [-0.2, -0.15) is 0 Å². The number of halogens is 2. The van der Waals surface area contributed by atoms with E-state index in [1.165, 1.54) is 11.3 Å². The van der Waals surface area contributed by atoms with Crippen LogP contribution in [-0.2, 0) is 0 Å². The van der Waals surface area contributed by atoms with Gasteiger partial charge in [0.2, 0.25) is 5.78 Å². The Morgan fingerprint density at radius 2 is 2.00 bits per heavy atom. The van der Waals surface area contributed by atoms with Crippen molar-refractivity contribution in [3.8, 4) is 0 Å². The summed E-state index contributed by atoms with van der Waals surface area (Å²) in [5, 5.41) is 1.44. The van der Waals surface area contributed by atoms with Gasteiger partial charge in [-0.3, -0.25) is 4.79 Å². The van der Waals surface area contributed by atoms with Crippen molar-refractivity contribution in [3.05, 3.63) is 56.3 Å². The van der Waals surface area contributed by atoms with Gasteiger partial charge in [0, 0.05) is 27.7 Å². The Hall–Kier alpha value is -1.29. The lowest BCUT2D eigenvalue weighted by atomic mass is 10.1. The highest BCUT2D eigenvalue weighted by Gasteiger charge is 2.16. The molecule has 5 heteroatoms. The van der Waals surface area contributed by atoms with E-state index in [1.54, 1.807) is 30.5 Å². The molecule has 3 aromatic rings. The topological polar surface area (TPSA) is 32.9 Å². The van der Waals surface area contributed by atoms with E-state index in [9.17, 15) is 4.79 Å². The van der Waals surface area contributed by atoms with Gasteiger partial charge in [0.1, 0.15) is 0 Å². The highest BCUT2D eigenvalue weighted by atomic mass is 35.5. The van der Waals surface area contributed by atoms with E-state index >= 15 is 0 Å². The van der Waals surface area contributed by atoms with E-state index in [0.29, 0.717) is 19.8 Å². The van der Waals surface area contributed by atoms with Crippen molar-refractivity contribution in [1.82, 2.24) is 4.98 Å². The number of hydrogen-bond donors (Lipinski definition) is 1. The van der Waals surface area contributed by atoms with Crippen LogP contribution in [0.1, 0.15) is 15.2 Å². The predicted molar refractivity (Wildman–Crippen MR) is 76.1 cm³/mol. The molecule has 2 nitrogen and oxygen atoms in total. The van der Waals surface area contributed by atoms with Crippen molar-refractivity contribution in [1.29, 1.82) is 0 Å². The number of aromatic nitrogens is 1. The number of aromatic amines is 1. The summed E-state index contributed by atoms with van der Waals surface area (Å²) in [5.41, 5.74) is 1.51. The molecule has 0 fully saturated rings. The maximum absolute atomic E-state index is 12.3. The molecule has 3 rings (SSSR count). The van der Waals surface area contributed by atoms with E-state index < -0.39 is 0 Å². The van der Waals surface area contributed by atoms with Crippen LogP contribution in [0.4, 0.5) is 0 Å². The Bertz CT molecular complexity index is 744. The number of ketones is 1. The summed E-state index contributed by atoms with van der Waals surface area (Å²) >= 11 is 13.1. The quantitative estimate of drug-likeness (QED) is 0.679. The number of hydrogen-bond acceptors (Lipinski definition) is 2. The Morgan fingerprint density at radius 1 is 1.17 bits per heavy atom. The standard InChI is InChI=1S/C13H7Cl2NOS/c14-7-1-2-10-8(5-7)9(6-16-10)13(17)11-3-4-12(15)18-11/h1-6,16H. The fourth-order valence-electron chi connectivity index (χ4n) is 1.85. The van der Waals surface area contributed by atoms with E-state index in [0.717, 1.165) is 10.9 Å². The number of carbonyl (C=O) groups excluding carboxylic acids is 1. The third-order valence-corrected chi connectivity index (χ3v) is 4.15. The predicted octanol–water partition coefficient (Wildman–Crippen LogP) is 4.77. The molecule has 0 spiro atoms. The summed E-state index contributed by atoms with van der Waals surface area (Å²) in [5.74, 6) is -0.0413. The summed E-state index contributed by atoms with van der Waals surface area (Å²) < 4.78 is 0.608. The van der Waals surface area contributed by atoms with Gasteiger partial charge in [-0.05, 0) is 30.3 Å². The third-order valence-electron chi connectivity index (χ3n) is 2.69. The average Bonchev–Trinajstić information content (AvgIpc) is 2.94. The molecule has 0 aliphatic heterocycles. The van der Waals surface area contributed by atoms with Crippen molar-refractivity contribution in [2.24, 2.45) is 0 Å². The first-order valence-electron chi connectivity index (χ1n) is 5.22. The molecule has 2 aromatic heterocycles. The van der Waals surface area contributed by atoms with Crippen LogP contribution < -0.4 is 0 Å². The van der Waals surface area contributed by atoms with Crippen LogP contribution >= 0.6 is 34.5 Å². The molecule has 0 amide bonds. The maximum Gasteiger partial charge on any atom is 0.205 e. The molecule has 0 saturated heterocycles. The fraction of sp³-hybridized carbons (Fsp3) is 0. The molecule has 0 aliphatic rings. The minimum absolute atomic E-state index is 0.0413. The Morgan fingerprint density at radius 3 is 2.72 bits per heavy atom. The summed E-state index contributed by atoms with van der Waals surface area (Å²) in [6.45, 7) is 0. The van der Waals surface area contributed by atoms with Crippen molar-refractivity contribution in [2.75, 3.05) is 0 Å². The van der Waals surface area contributed by atoms with Crippen LogP contribution in [0, 0.1) is 0 Å². The first-order valence-corrected chi connectivity index (χ1v) is 6.79. The second-order valence-corrected chi connectivity index (χ2v) is 5.98. The minimum Gasteiger partial charge on any atom is -0.360 e. The Balaban J connectivity index is 2.14. The van der Waals surface area contributed by atoms with Gasteiger partial charge in [-0.15, -0.1) is 11.3 Å². The van der Waals surface area contributed by atoms with Gasteiger partial charge in [-0.1, -0.05) is 23.2 Å². The third kappa shape index (κ3) is 1.94. The number of carbonyl (C=O) groups is 1. The molecule has 0 aliphatic carbocycles. The van der Waals surface area contributed by atoms with Gasteiger partial charge in [-0.25, -0.2) is 0 Å². The summed E-state index contributed by atoms with van der Waals surface area (Å²) in [6, 6.07) is 8.89. The van der Waals surface area contributed by atoms with Crippen LogP contribution in [0.3, 0.4) is 0 Å². The van der Waals surface area contributed by atoms with Crippen LogP contribution in [0.15, 0.2) is 36.5 Å². The second-order valence-electron chi connectivity index (χ2n) is 3.83. The molecule has 0 bridgehead atoms. The second kappa shape index (κ2) is 4.43. The number of thiophene rings is 1. The van der Waals surface area contributed by atoms with Gasteiger partial charge in [0.05, 0.1) is 9.21 Å². The lowest BCUT2D eigenvalue weighted by molar-refractivity contribution is 0.104. The van der Waals surface area contributed by atoms with E-state index in [1.807, 2.05) is 6.07 Å². The molecule has 0 atom stereocenters.